The number of anilines is 1. The monoisotopic (exact) mass is 390 g/mol. The van der Waals surface area contributed by atoms with E-state index in [4.69, 9.17) is 4.74 Å². The molecule has 0 fully saturated rings. The normalized spacial score (nSPS) is 15.4. The Labute approximate surface area is 168 Å². The second-order valence-corrected chi connectivity index (χ2v) is 6.99. The molecule has 1 atom stereocenters. The SMILES string of the molecule is CNC(=O)[C@H]1CN(C(=O)c2ccc(-n3nc(C)cc3C)cc2)c2ccccc2O1. The summed E-state index contributed by atoms with van der Waals surface area (Å²) in [6, 6.07) is 16.5. The number of amides is 2. The van der Waals surface area contributed by atoms with Gasteiger partial charge in [-0.2, -0.15) is 5.10 Å². The Morgan fingerprint density at radius 1 is 1.10 bits per heavy atom. The number of nitrogens with one attached hydrogen (secondary N) is 1. The molecule has 2 amide bonds. The lowest BCUT2D eigenvalue weighted by Gasteiger charge is -2.34. The van der Waals surface area contributed by atoms with Crippen LogP contribution in [0, 0.1) is 13.8 Å². The minimum absolute atomic E-state index is 0.148. The predicted octanol–water partition coefficient (Wildman–Crippen LogP) is 2.64. The molecular formula is C22H22N4O3. The van der Waals surface area contributed by atoms with Crippen LogP contribution in [0.25, 0.3) is 5.69 Å². The maximum absolute atomic E-state index is 13.3. The second-order valence-electron chi connectivity index (χ2n) is 6.99. The zero-order valence-electron chi connectivity index (χ0n) is 16.5. The number of carbonyl (C=O) groups is 2. The van der Waals surface area contributed by atoms with E-state index in [2.05, 4.69) is 10.4 Å². The van der Waals surface area contributed by atoms with Gasteiger partial charge >= 0.3 is 0 Å². The highest BCUT2D eigenvalue weighted by Gasteiger charge is 2.33. The molecule has 1 aliphatic rings. The van der Waals surface area contributed by atoms with Gasteiger partial charge in [-0.3, -0.25) is 9.59 Å². The van der Waals surface area contributed by atoms with Gasteiger partial charge in [-0.25, -0.2) is 4.68 Å². The Hall–Kier alpha value is -3.61. The molecule has 0 unspecified atom stereocenters. The maximum Gasteiger partial charge on any atom is 0.262 e. The average Bonchev–Trinajstić information content (AvgIpc) is 3.09. The van der Waals surface area contributed by atoms with Crippen LogP contribution < -0.4 is 15.0 Å². The van der Waals surface area contributed by atoms with E-state index in [0.717, 1.165) is 17.1 Å². The van der Waals surface area contributed by atoms with Gasteiger partial charge in [0.05, 0.1) is 23.6 Å². The molecule has 1 aromatic heterocycles. The standard InChI is InChI=1S/C22H22N4O3/c1-14-12-15(2)26(24-14)17-10-8-16(9-11-17)22(28)25-13-20(21(27)23-3)29-19-7-5-4-6-18(19)25/h4-12,20H,13H2,1-3H3,(H,23,27)/t20-/m1/s1. The molecule has 0 saturated carbocycles. The number of ether oxygens (including phenoxy) is 1. The Morgan fingerprint density at radius 3 is 2.48 bits per heavy atom. The van der Waals surface area contributed by atoms with Gasteiger partial charge in [0.2, 0.25) is 0 Å². The molecule has 0 bridgehead atoms. The lowest BCUT2D eigenvalue weighted by molar-refractivity contribution is -0.127. The summed E-state index contributed by atoms with van der Waals surface area (Å²) in [6.07, 6.45) is -0.757. The van der Waals surface area contributed by atoms with Crippen molar-refractivity contribution in [1.82, 2.24) is 15.1 Å². The predicted molar refractivity (Wildman–Crippen MR) is 110 cm³/mol. The van der Waals surface area contributed by atoms with Crippen LogP contribution in [0.3, 0.4) is 0 Å². The fourth-order valence-electron chi connectivity index (χ4n) is 3.52. The fraction of sp³-hybridized carbons (Fsp3) is 0.227. The molecule has 7 nitrogen and oxygen atoms in total. The molecule has 148 valence electrons. The molecule has 1 N–H and O–H groups in total. The topological polar surface area (TPSA) is 76.5 Å². The Kier molecular flexibility index (Phi) is 4.80. The van der Waals surface area contributed by atoms with Gasteiger partial charge in [-0.1, -0.05) is 12.1 Å². The van der Waals surface area contributed by atoms with Crippen LogP contribution in [-0.4, -0.2) is 41.3 Å². The average molecular weight is 390 g/mol. The second kappa shape index (κ2) is 7.43. The van der Waals surface area contributed by atoms with Crippen molar-refractivity contribution in [2.45, 2.75) is 20.0 Å². The summed E-state index contributed by atoms with van der Waals surface area (Å²) in [5.41, 5.74) is 4.03. The first-order valence-corrected chi connectivity index (χ1v) is 9.41. The zero-order valence-corrected chi connectivity index (χ0v) is 16.5. The quantitative estimate of drug-likeness (QED) is 0.746. The molecule has 2 heterocycles. The summed E-state index contributed by atoms with van der Waals surface area (Å²) in [4.78, 5) is 27.0. The van der Waals surface area contributed by atoms with E-state index in [0.29, 0.717) is 17.0 Å². The van der Waals surface area contributed by atoms with Crippen LogP contribution in [0.5, 0.6) is 5.75 Å². The summed E-state index contributed by atoms with van der Waals surface area (Å²) >= 11 is 0. The Bertz CT molecular complexity index is 1070. The number of para-hydroxylation sites is 2. The number of hydrogen-bond acceptors (Lipinski definition) is 4. The first-order chi connectivity index (χ1) is 14.0. The number of carbonyl (C=O) groups excluding carboxylic acids is 2. The number of aryl methyl sites for hydroxylation is 2. The lowest BCUT2D eigenvalue weighted by atomic mass is 10.1. The number of likely N-dealkylation sites (N-methyl/N-ethyl adjacent to an activating group) is 1. The highest BCUT2D eigenvalue weighted by Crippen LogP contribution is 2.34. The van der Waals surface area contributed by atoms with Gasteiger partial charge in [-0.15, -0.1) is 0 Å². The van der Waals surface area contributed by atoms with Crippen molar-refractivity contribution in [3.05, 3.63) is 71.5 Å². The van der Waals surface area contributed by atoms with Crippen LogP contribution in [0.1, 0.15) is 21.7 Å². The van der Waals surface area contributed by atoms with E-state index >= 15 is 0 Å². The number of benzene rings is 2. The fourth-order valence-corrected chi connectivity index (χ4v) is 3.52. The minimum atomic E-state index is -0.757. The van der Waals surface area contributed by atoms with Gasteiger partial charge in [0.15, 0.2) is 6.10 Å². The van der Waals surface area contributed by atoms with E-state index in [1.807, 2.05) is 54.9 Å². The first-order valence-electron chi connectivity index (χ1n) is 9.41. The van der Waals surface area contributed by atoms with Crippen molar-refractivity contribution in [2.75, 3.05) is 18.5 Å². The first kappa shape index (κ1) is 18.7. The zero-order chi connectivity index (χ0) is 20.5. The number of fused-ring (bicyclic) bond motifs is 1. The van der Waals surface area contributed by atoms with E-state index in [-0.39, 0.29) is 18.4 Å². The molecule has 3 aromatic rings. The van der Waals surface area contributed by atoms with Crippen LogP contribution in [0.4, 0.5) is 5.69 Å². The number of rotatable bonds is 3. The van der Waals surface area contributed by atoms with Crippen molar-refractivity contribution >= 4 is 17.5 Å². The summed E-state index contributed by atoms with van der Waals surface area (Å²) in [5, 5.41) is 7.06. The Balaban J connectivity index is 1.64. The van der Waals surface area contributed by atoms with Gasteiger partial charge in [-0.05, 0) is 56.3 Å². The lowest BCUT2D eigenvalue weighted by Crippen LogP contribution is -2.50. The molecule has 1 aliphatic heterocycles. The third-order valence-corrected chi connectivity index (χ3v) is 4.93. The molecule has 0 aliphatic carbocycles. The molecule has 29 heavy (non-hydrogen) atoms. The summed E-state index contributed by atoms with van der Waals surface area (Å²) in [5.74, 6) is 0.0618. The van der Waals surface area contributed by atoms with E-state index < -0.39 is 6.10 Å². The van der Waals surface area contributed by atoms with Crippen molar-refractivity contribution in [3.63, 3.8) is 0 Å². The summed E-state index contributed by atoms with van der Waals surface area (Å²) in [7, 11) is 1.55. The van der Waals surface area contributed by atoms with E-state index in [9.17, 15) is 9.59 Å². The maximum atomic E-state index is 13.3. The van der Waals surface area contributed by atoms with Crippen molar-refractivity contribution in [1.29, 1.82) is 0 Å². The largest absolute Gasteiger partial charge is 0.477 e. The van der Waals surface area contributed by atoms with Crippen molar-refractivity contribution < 1.29 is 14.3 Å². The highest BCUT2D eigenvalue weighted by molar-refractivity contribution is 6.08. The van der Waals surface area contributed by atoms with Gasteiger partial charge in [0.25, 0.3) is 11.8 Å². The van der Waals surface area contributed by atoms with Crippen LogP contribution in [0.2, 0.25) is 0 Å². The number of hydrogen-bond donors (Lipinski definition) is 1. The van der Waals surface area contributed by atoms with Crippen molar-refractivity contribution in [3.8, 4) is 11.4 Å². The number of aromatic nitrogens is 2. The van der Waals surface area contributed by atoms with Gasteiger partial charge in [0, 0.05) is 18.3 Å². The third-order valence-electron chi connectivity index (χ3n) is 4.93. The van der Waals surface area contributed by atoms with E-state index in [1.54, 1.807) is 30.1 Å². The molecule has 2 aromatic carbocycles. The molecule has 7 heteroatoms. The molecule has 0 saturated heterocycles. The third kappa shape index (κ3) is 3.47. The van der Waals surface area contributed by atoms with Crippen molar-refractivity contribution in [2.24, 2.45) is 0 Å². The van der Waals surface area contributed by atoms with Crippen LogP contribution >= 0.6 is 0 Å². The summed E-state index contributed by atoms with van der Waals surface area (Å²) in [6.45, 7) is 4.08. The molecule has 0 radical (unpaired) electrons. The molecular weight excluding hydrogens is 368 g/mol. The Morgan fingerprint density at radius 2 is 1.83 bits per heavy atom. The number of nitrogens with zero attached hydrogens (tertiary/aromatic N) is 3. The smallest absolute Gasteiger partial charge is 0.262 e. The van der Waals surface area contributed by atoms with Crippen LogP contribution in [-0.2, 0) is 4.79 Å². The minimum Gasteiger partial charge on any atom is -0.477 e. The summed E-state index contributed by atoms with van der Waals surface area (Å²) < 4.78 is 7.62. The van der Waals surface area contributed by atoms with Gasteiger partial charge in [0.1, 0.15) is 5.75 Å². The molecule has 4 rings (SSSR count). The highest BCUT2D eigenvalue weighted by atomic mass is 16.5. The molecule has 0 spiro atoms. The van der Waals surface area contributed by atoms with Crippen LogP contribution in [0.15, 0.2) is 54.6 Å². The van der Waals surface area contributed by atoms with Gasteiger partial charge < -0.3 is 15.0 Å². The van der Waals surface area contributed by atoms with E-state index in [1.165, 1.54) is 0 Å².